The molecular formula is C20H26N2O4S. The first-order valence-corrected chi connectivity index (χ1v) is 10.3. The van der Waals surface area contributed by atoms with Crippen LogP contribution in [0, 0.1) is 5.92 Å². The van der Waals surface area contributed by atoms with Crippen molar-refractivity contribution in [1.29, 1.82) is 0 Å². The number of hydrogen-bond acceptors (Lipinski definition) is 4. The van der Waals surface area contributed by atoms with Crippen LogP contribution in [0.25, 0.3) is 0 Å². The number of benzene rings is 2. The van der Waals surface area contributed by atoms with Gasteiger partial charge in [-0.05, 0) is 54.7 Å². The summed E-state index contributed by atoms with van der Waals surface area (Å²) in [7, 11) is -2.33. The second kappa shape index (κ2) is 8.90. The fourth-order valence-electron chi connectivity index (χ4n) is 2.56. The summed E-state index contributed by atoms with van der Waals surface area (Å²) in [4.78, 5) is 11.4. The standard InChI is InChI=1S/C20H26N2O4S/c1-14(2)5-6-16-7-10-18(11-8-16)27(24,25)22-19-13-17(21-15(3)23)9-12-20(19)26-4/h7-14,22H,5-6H2,1-4H3,(H,21,23). The average Bonchev–Trinajstić information content (AvgIpc) is 2.60. The SMILES string of the molecule is COc1ccc(NC(C)=O)cc1NS(=O)(=O)c1ccc(CCC(C)C)cc1. The zero-order valence-electron chi connectivity index (χ0n) is 16.1. The highest BCUT2D eigenvalue weighted by molar-refractivity contribution is 7.92. The van der Waals surface area contributed by atoms with Crippen LogP contribution in [0.1, 0.15) is 32.8 Å². The van der Waals surface area contributed by atoms with Gasteiger partial charge in [0.05, 0.1) is 17.7 Å². The summed E-state index contributed by atoms with van der Waals surface area (Å²) in [6.45, 7) is 5.70. The number of carbonyl (C=O) groups is 1. The number of methoxy groups -OCH3 is 1. The first-order chi connectivity index (χ1) is 12.7. The predicted octanol–water partition coefficient (Wildman–Crippen LogP) is 4.04. The van der Waals surface area contributed by atoms with E-state index in [1.54, 1.807) is 24.3 Å². The van der Waals surface area contributed by atoms with Gasteiger partial charge in [-0.3, -0.25) is 9.52 Å². The number of amides is 1. The molecule has 7 heteroatoms. The molecule has 0 spiro atoms. The van der Waals surface area contributed by atoms with E-state index in [0.717, 1.165) is 18.4 Å². The molecule has 0 aromatic heterocycles. The van der Waals surface area contributed by atoms with Gasteiger partial charge in [-0.2, -0.15) is 0 Å². The maximum Gasteiger partial charge on any atom is 0.262 e. The lowest BCUT2D eigenvalue weighted by atomic mass is 10.0. The normalized spacial score (nSPS) is 11.3. The van der Waals surface area contributed by atoms with Gasteiger partial charge in [-0.1, -0.05) is 26.0 Å². The Balaban J connectivity index is 2.23. The van der Waals surface area contributed by atoms with Gasteiger partial charge in [0, 0.05) is 12.6 Å². The van der Waals surface area contributed by atoms with Crippen LogP contribution < -0.4 is 14.8 Å². The molecule has 2 aromatic carbocycles. The fraction of sp³-hybridized carbons (Fsp3) is 0.350. The minimum absolute atomic E-state index is 0.169. The molecule has 6 nitrogen and oxygen atoms in total. The molecule has 0 bridgehead atoms. The minimum Gasteiger partial charge on any atom is -0.495 e. The molecule has 0 saturated heterocycles. The maximum atomic E-state index is 12.7. The van der Waals surface area contributed by atoms with Crippen molar-refractivity contribution < 1.29 is 17.9 Å². The molecule has 27 heavy (non-hydrogen) atoms. The van der Waals surface area contributed by atoms with Crippen LogP contribution in [0.2, 0.25) is 0 Å². The molecule has 0 aliphatic carbocycles. The van der Waals surface area contributed by atoms with E-state index in [4.69, 9.17) is 4.74 Å². The number of carbonyl (C=O) groups excluding carboxylic acids is 1. The zero-order valence-corrected chi connectivity index (χ0v) is 16.9. The summed E-state index contributed by atoms with van der Waals surface area (Å²) in [5.74, 6) is 0.714. The molecule has 2 N–H and O–H groups in total. The van der Waals surface area contributed by atoms with E-state index in [9.17, 15) is 13.2 Å². The quantitative estimate of drug-likeness (QED) is 0.712. The zero-order chi connectivity index (χ0) is 20.0. The lowest BCUT2D eigenvalue weighted by molar-refractivity contribution is -0.114. The van der Waals surface area contributed by atoms with E-state index < -0.39 is 10.0 Å². The summed E-state index contributed by atoms with van der Waals surface area (Å²) in [5, 5.41) is 2.62. The number of aryl methyl sites for hydroxylation is 1. The smallest absolute Gasteiger partial charge is 0.262 e. The first-order valence-electron chi connectivity index (χ1n) is 8.78. The van der Waals surface area contributed by atoms with E-state index in [0.29, 0.717) is 17.4 Å². The Morgan fingerprint density at radius 3 is 2.33 bits per heavy atom. The fourth-order valence-corrected chi connectivity index (χ4v) is 3.62. The van der Waals surface area contributed by atoms with Gasteiger partial charge in [-0.15, -0.1) is 0 Å². The Bertz CT molecular complexity index is 891. The van der Waals surface area contributed by atoms with Crippen molar-refractivity contribution in [2.75, 3.05) is 17.1 Å². The molecule has 0 heterocycles. The summed E-state index contributed by atoms with van der Waals surface area (Å²) < 4.78 is 33.2. The predicted molar refractivity (Wildman–Crippen MR) is 108 cm³/mol. The number of ether oxygens (including phenoxy) is 1. The van der Waals surface area contributed by atoms with Gasteiger partial charge < -0.3 is 10.1 Å². The van der Waals surface area contributed by atoms with Crippen LogP contribution in [-0.2, 0) is 21.2 Å². The van der Waals surface area contributed by atoms with Crippen molar-refractivity contribution in [3.63, 3.8) is 0 Å². The van der Waals surface area contributed by atoms with Crippen molar-refractivity contribution in [3.05, 3.63) is 48.0 Å². The number of anilines is 2. The largest absolute Gasteiger partial charge is 0.495 e. The Labute approximate surface area is 161 Å². The lowest BCUT2D eigenvalue weighted by Crippen LogP contribution is -2.14. The van der Waals surface area contributed by atoms with Gasteiger partial charge >= 0.3 is 0 Å². The first kappa shape index (κ1) is 20.8. The molecule has 0 radical (unpaired) electrons. The second-order valence-corrected chi connectivity index (χ2v) is 8.46. The Morgan fingerprint density at radius 2 is 1.78 bits per heavy atom. The van der Waals surface area contributed by atoms with Crippen LogP contribution in [0.15, 0.2) is 47.4 Å². The summed E-state index contributed by atoms with van der Waals surface area (Å²) >= 11 is 0. The van der Waals surface area contributed by atoms with E-state index in [1.165, 1.54) is 20.1 Å². The maximum absolute atomic E-state index is 12.7. The molecule has 0 aliphatic rings. The van der Waals surface area contributed by atoms with Crippen LogP contribution in [0.4, 0.5) is 11.4 Å². The Morgan fingerprint density at radius 1 is 1.11 bits per heavy atom. The highest BCUT2D eigenvalue weighted by Crippen LogP contribution is 2.30. The monoisotopic (exact) mass is 390 g/mol. The third-order valence-corrected chi connectivity index (χ3v) is 5.39. The molecule has 2 aromatic rings. The average molecular weight is 391 g/mol. The van der Waals surface area contributed by atoms with Crippen molar-refractivity contribution >= 4 is 27.3 Å². The van der Waals surface area contributed by atoms with Crippen molar-refractivity contribution in [1.82, 2.24) is 0 Å². The van der Waals surface area contributed by atoms with Gasteiger partial charge in [0.2, 0.25) is 5.91 Å². The van der Waals surface area contributed by atoms with Crippen molar-refractivity contribution in [3.8, 4) is 5.75 Å². The second-order valence-electron chi connectivity index (χ2n) is 6.78. The summed E-state index contributed by atoms with van der Waals surface area (Å²) in [6.07, 6.45) is 1.97. The minimum atomic E-state index is -3.78. The summed E-state index contributed by atoms with van der Waals surface area (Å²) in [5.41, 5.74) is 1.84. The third kappa shape index (κ3) is 5.99. The van der Waals surface area contributed by atoms with Gasteiger partial charge in [0.25, 0.3) is 10.0 Å². The van der Waals surface area contributed by atoms with E-state index in [-0.39, 0.29) is 16.5 Å². The molecule has 0 saturated carbocycles. The number of hydrogen-bond donors (Lipinski definition) is 2. The topological polar surface area (TPSA) is 84.5 Å². The van der Waals surface area contributed by atoms with Crippen LogP contribution >= 0.6 is 0 Å². The van der Waals surface area contributed by atoms with Crippen molar-refractivity contribution in [2.45, 2.75) is 38.5 Å². The lowest BCUT2D eigenvalue weighted by Gasteiger charge is -2.14. The summed E-state index contributed by atoms with van der Waals surface area (Å²) in [6, 6.07) is 11.6. The Kier molecular flexibility index (Phi) is 6.85. The van der Waals surface area contributed by atoms with Crippen LogP contribution in [-0.4, -0.2) is 21.4 Å². The molecular weight excluding hydrogens is 364 g/mol. The van der Waals surface area contributed by atoms with E-state index in [1.807, 2.05) is 12.1 Å². The molecule has 0 aliphatic heterocycles. The highest BCUT2D eigenvalue weighted by atomic mass is 32.2. The van der Waals surface area contributed by atoms with E-state index >= 15 is 0 Å². The molecule has 2 rings (SSSR count). The van der Waals surface area contributed by atoms with Gasteiger partial charge in [0.15, 0.2) is 0 Å². The molecule has 0 unspecified atom stereocenters. The van der Waals surface area contributed by atoms with Gasteiger partial charge in [0.1, 0.15) is 5.75 Å². The third-order valence-electron chi connectivity index (χ3n) is 4.01. The van der Waals surface area contributed by atoms with Crippen LogP contribution in [0.3, 0.4) is 0 Å². The molecule has 146 valence electrons. The molecule has 0 atom stereocenters. The molecule has 1 amide bonds. The van der Waals surface area contributed by atoms with Gasteiger partial charge in [-0.25, -0.2) is 8.42 Å². The van der Waals surface area contributed by atoms with Crippen molar-refractivity contribution in [2.24, 2.45) is 5.92 Å². The molecule has 0 fully saturated rings. The number of nitrogens with one attached hydrogen (secondary N) is 2. The van der Waals surface area contributed by atoms with Crippen LogP contribution in [0.5, 0.6) is 5.75 Å². The number of rotatable bonds is 8. The van der Waals surface area contributed by atoms with E-state index in [2.05, 4.69) is 23.9 Å². The number of sulfonamides is 1. The highest BCUT2D eigenvalue weighted by Gasteiger charge is 2.17. The Hall–Kier alpha value is -2.54.